The molecule has 0 aliphatic carbocycles. The first-order valence-corrected chi connectivity index (χ1v) is 8.63. The minimum atomic E-state index is -0.255. The lowest BCUT2D eigenvalue weighted by molar-refractivity contribution is -0.130. The van der Waals surface area contributed by atoms with Crippen LogP contribution in [-0.2, 0) is 9.59 Å². The zero-order valence-electron chi connectivity index (χ0n) is 14.0. The first-order chi connectivity index (χ1) is 11.9. The van der Waals surface area contributed by atoms with Crippen molar-refractivity contribution in [2.45, 2.75) is 0 Å². The van der Waals surface area contributed by atoms with Crippen LogP contribution in [0.25, 0.3) is 0 Å². The van der Waals surface area contributed by atoms with E-state index in [1.165, 1.54) is 4.90 Å². The molecule has 0 aromatic heterocycles. The topological polar surface area (TPSA) is 67.9 Å². The van der Waals surface area contributed by atoms with Gasteiger partial charge in [0.1, 0.15) is 11.5 Å². The van der Waals surface area contributed by atoms with E-state index < -0.39 is 0 Å². The van der Waals surface area contributed by atoms with Gasteiger partial charge in [-0.1, -0.05) is 0 Å². The highest BCUT2D eigenvalue weighted by atomic mass is 127. The van der Waals surface area contributed by atoms with Crippen LogP contribution in [-0.4, -0.2) is 44.0 Å². The van der Waals surface area contributed by atoms with Crippen LogP contribution in [0.3, 0.4) is 0 Å². The molecule has 0 aliphatic rings. The van der Waals surface area contributed by atoms with Crippen molar-refractivity contribution in [3.63, 3.8) is 0 Å². The molecular formula is C18H19IN2O4. The highest BCUT2D eigenvalue weighted by molar-refractivity contribution is 14.1. The highest BCUT2D eigenvalue weighted by Gasteiger charge is 2.06. The van der Waals surface area contributed by atoms with Crippen molar-refractivity contribution >= 4 is 40.1 Å². The second-order valence-corrected chi connectivity index (χ2v) is 6.64. The van der Waals surface area contributed by atoms with Gasteiger partial charge in [-0.05, 0) is 71.1 Å². The fraction of sp³-hybridized carbons (Fsp3) is 0.222. The van der Waals surface area contributed by atoms with Crippen molar-refractivity contribution in [2.24, 2.45) is 0 Å². The van der Waals surface area contributed by atoms with Crippen LogP contribution in [0.5, 0.6) is 11.5 Å². The number of benzene rings is 2. The third kappa shape index (κ3) is 6.61. The predicted molar refractivity (Wildman–Crippen MR) is 104 cm³/mol. The molecule has 1 N–H and O–H groups in total. The van der Waals surface area contributed by atoms with E-state index in [1.54, 1.807) is 38.4 Å². The maximum atomic E-state index is 11.9. The van der Waals surface area contributed by atoms with Gasteiger partial charge in [0.25, 0.3) is 11.8 Å². The van der Waals surface area contributed by atoms with Crippen molar-refractivity contribution in [1.82, 2.24) is 4.90 Å². The summed E-state index contributed by atoms with van der Waals surface area (Å²) in [5.74, 6) is 0.827. The molecular weight excluding hydrogens is 435 g/mol. The number of likely N-dealkylation sites (N-methyl/N-ethyl adjacent to an activating group) is 1. The van der Waals surface area contributed by atoms with Gasteiger partial charge in [-0.2, -0.15) is 0 Å². The molecule has 0 bridgehead atoms. The number of nitrogens with zero attached hydrogens (tertiary/aromatic N) is 1. The molecule has 0 aliphatic heterocycles. The Balaban J connectivity index is 1.78. The molecule has 7 heteroatoms. The average molecular weight is 454 g/mol. The molecule has 6 nitrogen and oxygen atoms in total. The van der Waals surface area contributed by atoms with Crippen LogP contribution >= 0.6 is 22.6 Å². The van der Waals surface area contributed by atoms with E-state index in [0.717, 1.165) is 3.57 Å². The second kappa shape index (κ2) is 9.26. The fourth-order valence-corrected chi connectivity index (χ4v) is 2.15. The number of hydrogen-bond donors (Lipinski definition) is 1. The average Bonchev–Trinajstić information content (AvgIpc) is 2.60. The van der Waals surface area contributed by atoms with Crippen LogP contribution in [0.2, 0.25) is 0 Å². The number of amides is 2. The molecule has 132 valence electrons. The monoisotopic (exact) mass is 454 g/mol. The summed E-state index contributed by atoms with van der Waals surface area (Å²) in [7, 11) is 3.34. The van der Waals surface area contributed by atoms with E-state index in [2.05, 4.69) is 27.9 Å². The van der Waals surface area contributed by atoms with Crippen LogP contribution in [0, 0.1) is 3.57 Å². The summed E-state index contributed by atoms with van der Waals surface area (Å²) in [6, 6.07) is 14.3. The minimum absolute atomic E-state index is 0.0252. The standard InChI is InChI=1S/C18H19IN2O4/c1-21(2)18(23)12-25-16-9-5-14(6-10-16)20-17(22)11-24-15-7-3-13(19)4-8-15/h3-10H,11-12H2,1-2H3,(H,20,22). The quantitative estimate of drug-likeness (QED) is 0.654. The van der Waals surface area contributed by atoms with Crippen molar-refractivity contribution in [1.29, 1.82) is 0 Å². The molecule has 0 unspecified atom stereocenters. The number of rotatable bonds is 7. The Morgan fingerprint density at radius 3 is 2.00 bits per heavy atom. The Morgan fingerprint density at radius 2 is 1.44 bits per heavy atom. The van der Waals surface area contributed by atoms with Gasteiger partial charge in [0, 0.05) is 23.4 Å². The molecule has 2 aromatic carbocycles. The molecule has 0 spiro atoms. The molecule has 2 aromatic rings. The largest absolute Gasteiger partial charge is 0.484 e. The zero-order chi connectivity index (χ0) is 18.2. The van der Waals surface area contributed by atoms with E-state index >= 15 is 0 Å². The Labute approximate surface area is 160 Å². The molecule has 0 fully saturated rings. The Bertz CT molecular complexity index is 715. The van der Waals surface area contributed by atoms with Crippen molar-refractivity contribution in [3.8, 4) is 11.5 Å². The van der Waals surface area contributed by atoms with E-state index in [-0.39, 0.29) is 25.0 Å². The van der Waals surface area contributed by atoms with Crippen molar-refractivity contribution in [2.75, 3.05) is 32.6 Å². The van der Waals surface area contributed by atoms with Crippen molar-refractivity contribution in [3.05, 3.63) is 52.1 Å². The van der Waals surface area contributed by atoms with Crippen LogP contribution in [0.15, 0.2) is 48.5 Å². The number of carbonyl (C=O) groups is 2. The third-order valence-electron chi connectivity index (χ3n) is 3.18. The van der Waals surface area contributed by atoms with Gasteiger partial charge in [-0.25, -0.2) is 0 Å². The summed E-state index contributed by atoms with van der Waals surface area (Å²) >= 11 is 2.20. The van der Waals surface area contributed by atoms with E-state index in [0.29, 0.717) is 17.2 Å². The second-order valence-electron chi connectivity index (χ2n) is 5.39. The smallest absolute Gasteiger partial charge is 0.262 e. The summed E-state index contributed by atoms with van der Waals surface area (Å²) < 4.78 is 11.9. The minimum Gasteiger partial charge on any atom is -0.484 e. The van der Waals surface area contributed by atoms with Crippen LogP contribution in [0.4, 0.5) is 5.69 Å². The first-order valence-electron chi connectivity index (χ1n) is 7.55. The van der Waals surface area contributed by atoms with Gasteiger partial charge >= 0.3 is 0 Å². The SMILES string of the molecule is CN(C)C(=O)COc1ccc(NC(=O)COc2ccc(I)cc2)cc1. The third-order valence-corrected chi connectivity index (χ3v) is 3.90. The highest BCUT2D eigenvalue weighted by Crippen LogP contribution is 2.16. The fourth-order valence-electron chi connectivity index (χ4n) is 1.79. The van der Waals surface area contributed by atoms with Gasteiger partial charge < -0.3 is 19.7 Å². The number of hydrogen-bond acceptors (Lipinski definition) is 4. The molecule has 2 rings (SSSR count). The van der Waals surface area contributed by atoms with Gasteiger partial charge in [0.2, 0.25) is 0 Å². The van der Waals surface area contributed by atoms with Gasteiger partial charge in [0.05, 0.1) is 0 Å². The van der Waals surface area contributed by atoms with Crippen molar-refractivity contribution < 1.29 is 19.1 Å². The zero-order valence-corrected chi connectivity index (χ0v) is 16.1. The predicted octanol–water partition coefficient (Wildman–Crippen LogP) is 2.78. The summed E-state index contributed by atoms with van der Waals surface area (Å²) in [5.41, 5.74) is 0.627. The molecule has 25 heavy (non-hydrogen) atoms. The number of nitrogens with one attached hydrogen (secondary N) is 1. The Hall–Kier alpha value is -2.29. The summed E-state index contributed by atoms with van der Waals surface area (Å²) in [6.07, 6.45) is 0. The Kier molecular flexibility index (Phi) is 7.05. The molecule has 0 radical (unpaired) electrons. The van der Waals surface area contributed by atoms with E-state index in [1.807, 2.05) is 24.3 Å². The number of carbonyl (C=O) groups excluding carboxylic acids is 2. The maximum absolute atomic E-state index is 11.9. The van der Waals surface area contributed by atoms with Gasteiger partial charge in [-0.3, -0.25) is 9.59 Å². The molecule has 0 heterocycles. The molecule has 0 atom stereocenters. The van der Waals surface area contributed by atoms with E-state index in [4.69, 9.17) is 9.47 Å². The Morgan fingerprint density at radius 1 is 0.920 bits per heavy atom. The number of ether oxygens (including phenoxy) is 2. The molecule has 0 saturated carbocycles. The molecule has 2 amide bonds. The summed E-state index contributed by atoms with van der Waals surface area (Å²) in [5, 5.41) is 2.74. The number of halogens is 1. The first kappa shape index (κ1) is 19.0. The van der Waals surface area contributed by atoms with Crippen LogP contribution < -0.4 is 14.8 Å². The normalized spacial score (nSPS) is 10.0. The van der Waals surface area contributed by atoms with Crippen LogP contribution in [0.1, 0.15) is 0 Å². The van der Waals surface area contributed by atoms with E-state index in [9.17, 15) is 9.59 Å². The lowest BCUT2D eigenvalue weighted by Gasteiger charge is -2.12. The summed E-state index contributed by atoms with van der Waals surface area (Å²) in [4.78, 5) is 24.8. The maximum Gasteiger partial charge on any atom is 0.262 e. The lowest BCUT2D eigenvalue weighted by Crippen LogP contribution is -2.27. The molecule has 0 saturated heterocycles. The number of anilines is 1. The summed E-state index contributed by atoms with van der Waals surface area (Å²) in [6.45, 7) is -0.0985. The van der Waals surface area contributed by atoms with Gasteiger partial charge in [-0.15, -0.1) is 0 Å². The lowest BCUT2D eigenvalue weighted by atomic mass is 10.3. The van der Waals surface area contributed by atoms with Gasteiger partial charge in [0.15, 0.2) is 13.2 Å².